The lowest BCUT2D eigenvalue weighted by Crippen LogP contribution is -2.40. The number of nitrogens with one attached hydrogen (secondary N) is 3. The second-order valence-corrected chi connectivity index (χ2v) is 9.46. The van der Waals surface area contributed by atoms with Crippen LogP contribution in [0.25, 0.3) is 22.3 Å². The number of aryl methyl sites for hydroxylation is 1. The first kappa shape index (κ1) is 24.1. The molecule has 3 unspecified atom stereocenters. The number of alkyl halides is 1. The van der Waals surface area contributed by atoms with E-state index >= 15 is 0 Å². The van der Waals surface area contributed by atoms with Crippen molar-refractivity contribution in [1.29, 1.82) is 0 Å². The van der Waals surface area contributed by atoms with E-state index in [4.69, 9.17) is 9.84 Å². The Morgan fingerprint density at radius 3 is 2.78 bits per heavy atom. The molecule has 2 aliphatic carbocycles. The number of nitrogens with zero attached hydrogens (tertiary/aromatic N) is 2. The number of aliphatic hydroxyl groups excluding tert-OH is 1. The van der Waals surface area contributed by atoms with Crippen LogP contribution in [0, 0.1) is 18.7 Å². The van der Waals surface area contributed by atoms with E-state index in [1.807, 2.05) is 0 Å². The Bertz CT molecular complexity index is 1310. The van der Waals surface area contributed by atoms with Crippen LogP contribution in [0.2, 0.25) is 0 Å². The third kappa shape index (κ3) is 4.88. The first-order valence-corrected chi connectivity index (χ1v) is 11.9. The monoisotopic (exact) mass is 499 g/mol. The average molecular weight is 500 g/mol. The number of fused-ring (bicyclic) bond motifs is 1. The fourth-order valence-electron chi connectivity index (χ4n) is 4.68. The van der Waals surface area contributed by atoms with Gasteiger partial charge in [-0.2, -0.15) is 0 Å². The summed E-state index contributed by atoms with van der Waals surface area (Å²) in [5.74, 6) is -0.565. The minimum atomic E-state index is -1.35. The first-order valence-electron chi connectivity index (χ1n) is 11.9. The Morgan fingerprint density at radius 2 is 2.03 bits per heavy atom. The van der Waals surface area contributed by atoms with Crippen LogP contribution in [-0.2, 0) is 4.79 Å². The van der Waals surface area contributed by atoms with Gasteiger partial charge in [-0.05, 0) is 50.3 Å². The van der Waals surface area contributed by atoms with Crippen LogP contribution in [0.4, 0.5) is 8.78 Å². The van der Waals surface area contributed by atoms with Gasteiger partial charge in [0.15, 0.2) is 0 Å². The molecule has 5 rings (SSSR count). The number of rotatable bonds is 8. The number of aromatic nitrogens is 3. The van der Waals surface area contributed by atoms with Gasteiger partial charge < -0.3 is 25.5 Å². The van der Waals surface area contributed by atoms with Crippen LogP contribution in [0.15, 0.2) is 24.5 Å². The van der Waals surface area contributed by atoms with E-state index in [2.05, 4.69) is 25.6 Å². The highest BCUT2D eigenvalue weighted by atomic mass is 19.1. The van der Waals surface area contributed by atoms with Crippen molar-refractivity contribution in [3.8, 4) is 17.0 Å². The minimum absolute atomic E-state index is 0.0408. The van der Waals surface area contributed by atoms with Crippen molar-refractivity contribution in [2.45, 2.75) is 50.9 Å². The third-order valence-corrected chi connectivity index (χ3v) is 6.68. The predicted octanol–water partition coefficient (Wildman–Crippen LogP) is 2.57. The highest BCUT2D eigenvalue weighted by Gasteiger charge is 2.37. The number of carbonyl (C=O) groups is 2. The van der Waals surface area contributed by atoms with Crippen molar-refractivity contribution in [2.24, 2.45) is 5.92 Å². The molecule has 2 fully saturated rings. The zero-order valence-electron chi connectivity index (χ0n) is 19.7. The van der Waals surface area contributed by atoms with E-state index in [-0.39, 0.29) is 18.4 Å². The fourth-order valence-corrected chi connectivity index (χ4v) is 4.68. The number of carbonyl (C=O) groups excluding carboxylic acids is 2. The Labute approximate surface area is 205 Å². The summed E-state index contributed by atoms with van der Waals surface area (Å²) >= 11 is 0. The van der Waals surface area contributed by atoms with E-state index in [1.165, 1.54) is 18.5 Å². The molecule has 0 aliphatic heterocycles. The Morgan fingerprint density at radius 1 is 1.22 bits per heavy atom. The first-order chi connectivity index (χ1) is 17.3. The zero-order valence-corrected chi connectivity index (χ0v) is 19.7. The van der Waals surface area contributed by atoms with Crippen molar-refractivity contribution in [2.75, 3.05) is 13.2 Å². The summed E-state index contributed by atoms with van der Waals surface area (Å²) in [6.45, 7) is 1.55. The van der Waals surface area contributed by atoms with Crippen molar-refractivity contribution in [1.82, 2.24) is 25.6 Å². The second-order valence-electron chi connectivity index (χ2n) is 9.46. The smallest absolute Gasteiger partial charge is 0.255 e. The van der Waals surface area contributed by atoms with Crippen LogP contribution >= 0.6 is 0 Å². The van der Waals surface area contributed by atoms with E-state index < -0.39 is 42.5 Å². The summed E-state index contributed by atoms with van der Waals surface area (Å²) in [7, 11) is 0. The Hall–Kier alpha value is -3.60. The lowest BCUT2D eigenvalue weighted by molar-refractivity contribution is -0.124. The Balaban J connectivity index is 1.42. The molecule has 0 bridgehead atoms. The summed E-state index contributed by atoms with van der Waals surface area (Å²) in [5, 5.41) is 14.2. The lowest BCUT2D eigenvalue weighted by atomic mass is 10.1. The quantitative estimate of drug-likeness (QED) is 0.377. The molecule has 190 valence electrons. The molecule has 36 heavy (non-hydrogen) atoms. The van der Waals surface area contributed by atoms with Crippen molar-refractivity contribution >= 4 is 22.8 Å². The van der Waals surface area contributed by atoms with E-state index in [0.29, 0.717) is 46.3 Å². The SMILES string of the molecule is Cc1[nH]c2c(-c3cc(F)ccc3OCC3CC3)ncnc2c1C(=O)NC1CC(NC(=O)CO)CC1F. The summed E-state index contributed by atoms with van der Waals surface area (Å²) in [6, 6.07) is 2.95. The van der Waals surface area contributed by atoms with Gasteiger partial charge in [0.2, 0.25) is 5.91 Å². The van der Waals surface area contributed by atoms with E-state index in [9.17, 15) is 18.4 Å². The number of aliphatic hydroxyl groups is 1. The normalized spacial score (nSPS) is 21.5. The standard InChI is InChI=1S/C25H27F2N5O4/c1-12-21(25(35)32-18-8-15(7-17(18)27)31-20(34)9-33)23-24(30-12)22(28-11-29-23)16-6-14(26)4-5-19(16)36-10-13-2-3-13/h4-6,11,13,15,17-18,30,33H,2-3,7-10H2,1H3,(H,31,34)(H,32,35). The molecule has 2 aliphatic rings. The molecule has 0 radical (unpaired) electrons. The summed E-state index contributed by atoms with van der Waals surface area (Å²) in [4.78, 5) is 36.4. The maximum Gasteiger partial charge on any atom is 0.255 e. The van der Waals surface area contributed by atoms with Gasteiger partial charge in [0.05, 0.1) is 23.7 Å². The number of hydrogen-bond acceptors (Lipinski definition) is 6. The number of ether oxygens (including phenoxy) is 1. The minimum Gasteiger partial charge on any atom is -0.493 e. The van der Waals surface area contributed by atoms with E-state index in [1.54, 1.807) is 13.0 Å². The second kappa shape index (κ2) is 9.81. The van der Waals surface area contributed by atoms with Crippen LogP contribution in [0.1, 0.15) is 41.7 Å². The molecule has 3 aromatic rings. The van der Waals surface area contributed by atoms with Gasteiger partial charge in [-0.3, -0.25) is 9.59 Å². The molecule has 3 atom stereocenters. The average Bonchev–Trinajstić information content (AvgIpc) is 3.53. The molecular weight excluding hydrogens is 472 g/mol. The molecule has 11 heteroatoms. The van der Waals surface area contributed by atoms with Gasteiger partial charge in [-0.15, -0.1) is 0 Å². The molecule has 4 N–H and O–H groups in total. The number of H-pyrrole nitrogens is 1. The number of halogens is 2. The van der Waals surface area contributed by atoms with Crippen LogP contribution in [0.3, 0.4) is 0 Å². The van der Waals surface area contributed by atoms with Gasteiger partial charge in [0.25, 0.3) is 5.91 Å². The number of benzene rings is 1. The van der Waals surface area contributed by atoms with Crippen molar-refractivity contribution in [3.63, 3.8) is 0 Å². The van der Waals surface area contributed by atoms with Crippen LogP contribution in [-0.4, -0.2) is 63.3 Å². The highest BCUT2D eigenvalue weighted by molar-refractivity contribution is 6.09. The predicted molar refractivity (Wildman–Crippen MR) is 127 cm³/mol. The van der Waals surface area contributed by atoms with Gasteiger partial charge in [-0.1, -0.05) is 0 Å². The molecule has 2 heterocycles. The largest absolute Gasteiger partial charge is 0.493 e. The van der Waals surface area contributed by atoms with E-state index in [0.717, 1.165) is 12.8 Å². The van der Waals surface area contributed by atoms with Crippen molar-refractivity contribution < 1.29 is 28.2 Å². The number of aromatic amines is 1. The summed E-state index contributed by atoms with van der Waals surface area (Å²) < 4.78 is 34.7. The molecule has 0 spiro atoms. The zero-order chi connectivity index (χ0) is 25.4. The molecule has 0 saturated heterocycles. The Kier molecular flexibility index (Phi) is 6.57. The molecule has 2 saturated carbocycles. The molecule has 2 aromatic heterocycles. The highest BCUT2D eigenvalue weighted by Crippen LogP contribution is 2.37. The van der Waals surface area contributed by atoms with Gasteiger partial charge in [0, 0.05) is 23.7 Å². The van der Waals surface area contributed by atoms with Crippen LogP contribution < -0.4 is 15.4 Å². The fraction of sp³-hybridized carbons (Fsp3) is 0.440. The molecule has 9 nitrogen and oxygen atoms in total. The molecule has 2 amide bonds. The maximum atomic E-state index is 14.6. The molecule has 1 aromatic carbocycles. The van der Waals surface area contributed by atoms with Gasteiger partial charge in [-0.25, -0.2) is 18.7 Å². The maximum absolute atomic E-state index is 14.6. The lowest BCUT2D eigenvalue weighted by Gasteiger charge is -2.15. The van der Waals surface area contributed by atoms with Crippen molar-refractivity contribution in [3.05, 3.63) is 41.6 Å². The molecular formula is C25H27F2N5O4. The third-order valence-electron chi connectivity index (χ3n) is 6.68. The van der Waals surface area contributed by atoms with Gasteiger partial charge >= 0.3 is 0 Å². The topological polar surface area (TPSA) is 129 Å². The van der Waals surface area contributed by atoms with Gasteiger partial charge in [0.1, 0.15) is 41.9 Å². The summed E-state index contributed by atoms with van der Waals surface area (Å²) in [5.41, 5.74) is 2.34. The number of amides is 2. The van der Waals surface area contributed by atoms with Crippen LogP contribution in [0.5, 0.6) is 5.75 Å². The number of hydrogen-bond donors (Lipinski definition) is 4. The summed E-state index contributed by atoms with van der Waals surface area (Å²) in [6.07, 6.45) is 2.40.